The molecular formula is C19H17Cl2NO4. The fourth-order valence-corrected chi connectivity index (χ4v) is 3.70. The van der Waals surface area contributed by atoms with Gasteiger partial charge in [-0.2, -0.15) is 0 Å². The first-order valence-electron chi connectivity index (χ1n) is 8.06. The summed E-state index contributed by atoms with van der Waals surface area (Å²) in [6.07, 6.45) is 1.15. The minimum Gasteiger partial charge on any atom is -0.462 e. The molecule has 26 heavy (non-hydrogen) atoms. The average molecular weight is 394 g/mol. The van der Waals surface area contributed by atoms with Crippen LogP contribution in [-0.4, -0.2) is 34.1 Å². The van der Waals surface area contributed by atoms with Crippen molar-refractivity contribution in [3.05, 3.63) is 68.9 Å². The largest absolute Gasteiger partial charge is 0.462 e. The number of fused-ring (bicyclic) bond motifs is 1. The molecule has 1 aliphatic heterocycles. The number of hydrogen-bond acceptors (Lipinski definition) is 5. The summed E-state index contributed by atoms with van der Waals surface area (Å²) in [5.74, 6) is -1.19. The summed E-state index contributed by atoms with van der Waals surface area (Å²) in [6.45, 7) is 3.78. The number of rotatable bonds is 4. The van der Waals surface area contributed by atoms with E-state index >= 15 is 0 Å². The second kappa shape index (κ2) is 6.91. The van der Waals surface area contributed by atoms with Crippen LogP contribution in [0.4, 0.5) is 0 Å². The Bertz CT molecular complexity index is 873. The Hall–Kier alpha value is -2.08. The van der Waals surface area contributed by atoms with Crippen LogP contribution in [0.3, 0.4) is 0 Å². The smallest absolute Gasteiger partial charge is 0.340 e. The van der Waals surface area contributed by atoms with Crippen molar-refractivity contribution in [1.82, 2.24) is 4.90 Å². The molecule has 0 unspecified atom stereocenters. The molecule has 3 rings (SSSR count). The van der Waals surface area contributed by atoms with Crippen molar-refractivity contribution in [3.63, 3.8) is 0 Å². The molecule has 1 aromatic rings. The summed E-state index contributed by atoms with van der Waals surface area (Å²) in [4.78, 5) is 26.2. The Balaban J connectivity index is 2.16. The molecule has 1 aliphatic carbocycles. The number of carbonyl (C=O) groups excluding carboxylic acids is 2. The maximum atomic E-state index is 12.5. The first-order chi connectivity index (χ1) is 12.3. The van der Waals surface area contributed by atoms with Gasteiger partial charge in [0.1, 0.15) is 5.03 Å². The van der Waals surface area contributed by atoms with E-state index in [1.807, 2.05) is 30.3 Å². The Morgan fingerprint density at radius 2 is 1.92 bits per heavy atom. The number of benzene rings is 1. The van der Waals surface area contributed by atoms with Gasteiger partial charge in [0.2, 0.25) is 5.72 Å². The van der Waals surface area contributed by atoms with E-state index in [4.69, 9.17) is 27.9 Å². The monoisotopic (exact) mass is 393 g/mol. The van der Waals surface area contributed by atoms with E-state index in [9.17, 15) is 14.7 Å². The molecule has 1 N–H and O–H groups in total. The molecule has 7 heteroatoms. The van der Waals surface area contributed by atoms with Crippen molar-refractivity contribution in [2.24, 2.45) is 0 Å². The number of ether oxygens (including phenoxy) is 1. The second-order valence-corrected chi connectivity index (χ2v) is 6.73. The van der Waals surface area contributed by atoms with Crippen molar-refractivity contribution >= 4 is 35.0 Å². The third-order valence-electron chi connectivity index (χ3n) is 4.46. The highest BCUT2D eigenvalue weighted by Crippen LogP contribution is 2.50. The van der Waals surface area contributed by atoms with E-state index in [0.29, 0.717) is 5.70 Å². The van der Waals surface area contributed by atoms with Gasteiger partial charge in [-0.25, -0.2) is 4.79 Å². The van der Waals surface area contributed by atoms with Crippen molar-refractivity contribution in [2.75, 3.05) is 6.61 Å². The van der Waals surface area contributed by atoms with Gasteiger partial charge in [-0.3, -0.25) is 4.79 Å². The average Bonchev–Trinajstić information content (AvgIpc) is 2.83. The van der Waals surface area contributed by atoms with E-state index < -0.39 is 17.5 Å². The fraction of sp³-hybridized carbons (Fsp3) is 0.263. The topological polar surface area (TPSA) is 66.8 Å². The zero-order valence-electron chi connectivity index (χ0n) is 14.3. The lowest BCUT2D eigenvalue weighted by Gasteiger charge is -2.38. The van der Waals surface area contributed by atoms with Crippen LogP contribution >= 0.6 is 23.2 Å². The van der Waals surface area contributed by atoms with Gasteiger partial charge in [-0.1, -0.05) is 53.5 Å². The highest BCUT2D eigenvalue weighted by atomic mass is 35.5. The second-order valence-electron chi connectivity index (χ2n) is 5.98. The van der Waals surface area contributed by atoms with Crippen LogP contribution < -0.4 is 0 Å². The van der Waals surface area contributed by atoms with Crippen LogP contribution in [0.25, 0.3) is 0 Å². The van der Waals surface area contributed by atoms with Gasteiger partial charge in [0.05, 0.1) is 17.2 Å². The van der Waals surface area contributed by atoms with Gasteiger partial charge in [-0.15, -0.1) is 0 Å². The van der Waals surface area contributed by atoms with E-state index in [1.54, 1.807) is 18.7 Å². The normalized spacial score (nSPS) is 22.6. The molecule has 0 bridgehead atoms. The molecule has 0 spiro atoms. The summed E-state index contributed by atoms with van der Waals surface area (Å²) < 4.78 is 5.11. The van der Waals surface area contributed by atoms with Crippen molar-refractivity contribution in [2.45, 2.75) is 26.1 Å². The van der Waals surface area contributed by atoms with E-state index in [1.165, 1.54) is 0 Å². The van der Waals surface area contributed by atoms with Gasteiger partial charge >= 0.3 is 5.97 Å². The van der Waals surface area contributed by atoms with Crippen molar-refractivity contribution in [3.8, 4) is 0 Å². The maximum absolute atomic E-state index is 12.5. The number of aliphatic hydroxyl groups is 1. The first kappa shape index (κ1) is 18.7. The molecule has 1 atom stereocenters. The van der Waals surface area contributed by atoms with Crippen molar-refractivity contribution in [1.29, 1.82) is 0 Å². The van der Waals surface area contributed by atoms with Crippen LogP contribution in [0, 0.1) is 0 Å². The Morgan fingerprint density at radius 1 is 1.27 bits per heavy atom. The Kier molecular flexibility index (Phi) is 4.97. The van der Waals surface area contributed by atoms with Crippen LogP contribution in [0.1, 0.15) is 19.4 Å². The zero-order chi connectivity index (χ0) is 19.1. The molecule has 136 valence electrons. The molecule has 1 aromatic carbocycles. The van der Waals surface area contributed by atoms with Crippen molar-refractivity contribution < 1.29 is 19.4 Å². The fourth-order valence-electron chi connectivity index (χ4n) is 3.22. The van der Waals surface area contributed by atoms with Gasteiger partial charge < -0.3 is 14.7 Å². The number of carbonyl (C=O) groups is 2. The Morgan fingerprint density at radius 3 is 2.54 bits per heavy atom. The first-order valence-corrected chi connectivity index (χ1v) is 8.82. The lowest BCUT2D eigenvalue weighted by atomic mass is 9.91. The summed E-state index contributed by atoms with van der Waals surface area (Å²) >= 11 is 12.3. The molecular weight excluding hydrogens is 377 g/mol. The number of allylic oxidation sites excluding steroid dienone is 3. The van der Waals surface area contributed by atoms with Gasteiger partial charge in [0, 0.05) is 17.8 Å². The number of halogens is 2. The van der Waals surface area contributed by atoms with Gasteiger partial charge in [0.25, 0.3) is 0 Å². The lowest BCUT2D eigenvalue weighted by Crippen LogP contribution is -2.47. The van der Waals surface area contributed by atoms with E-state index in [0.717, 1.165) is 11.6 Å². The number of ketones is 1. The molecule has 0 saturated heterocycles. The van der Waals surface area contributed by atoms with Crippen LogP contribution in [-0.2, 0) is 20.9 Å². The lowest BCUT2D eigenvalue weighted by molar-refractivity contribution is -0.138. The standard InChI is InChI=1S/C19H17Cl2NO4/c1-3-26-18(24)15-11(2)22(10-12-7-5-4-6-8-12)19(25)13(15)9-14(23)16(20)17(19)21/h4-9,25H,3,10H2,1-2H3/t19-/m1/s1. The van der Waals surface area contributed by atoms with Gasteiger partial charge in [0.15, 0.2) is 5.78 Å². The molecule has 2 aliphatic rings. The molecule has 0 amide bonds. The molecule has 5 nitrogen and oxygen atoms in total. The highest BCUT2D eigenvalue weighted by molar-refractivity contribution is 6.51. The molecule has 0 fully saturated rings. The predicted molar refractivity (Wildman–Crippen MR) is 98.1 cm³/mol. The Labute approximate surface area is 161 Å². The van der Waals surface area contributed by atoms with Crippen LogP contribution in [0.15, 0.2) is 63.3 Å². The minimum atomic E-state index is -1.89. The molecule has 0 aromatic heterocycles. The number of nitrogens with zero attached hydrogens (tertiary/aromatic N) is 1. The number of esters is 1. The summed E-state index contributed by atoms with van der Waals surface area (Å²) in [5, 5.41) is 10.9. The molecule has 0 radical (unpaired) electrons. The maximum Gasteiger partial charge on any atom is 0.340 e. The summed E-state index contributed by atoms with van der Waals surface area (Å²) in [5.41, 5.74) is -0.334. The minimum absolute atomic E-state index is 0.0868. The molecule has 1 heterocycles. The quantitative estimate of drug-likeness (QED) is 0.795. The highest BCUT2D eigenvalue weighted by Gasteiger charge is 2.54. The number of hydrogen-bond donors (Lipinski definition) is 1. The summed E-state index contributed by atoms with van der Waals surface area (Å²) in [7, 11) is 0. The SMILES string of the molecule is CCOC(=O)C1=C(C)N(Cc2ccccc2)[C@@]2(O)C1=CC(=O)C(Cl)=C2Cl. The third kappa shape index (κ3) is 2.76. The van der Waals surface area contributed by atoms with Gasteiger partial charge in [-0.05, 0) is 25.5 Å². The summed E-state index contributed by atoms with van der Waals surface area (Å²) in [6, 6.07) is 9.38. The molecule has 0 saturated carbocycles. The van der Waals surface area contributed by atoms with Crippen LogP contribution in [0.2, 0.25) is 0 Å². The zero-order valence-corrected chi connectivity index (χ0v) is 15.8. The van der Waals surface area contributed by atoms with E-state index in [-0.39, 0.29) is 34.4 Å². The third-order valence-corrected chi connectivity index (χ3v) is 5.38. The van der Waals surface area contributed by atoms with E-state index in [2.05, 4.69) is 0 Å². The van der Waals surface area contributed by atoms with Crippen LogP contribution in [0.5, 0.6) is 0 Å². The predicted octanol–water partition coefficient (Wildman–Crippen LogP) is 3.23.